The monoisotopic (exact) mass is 534 g/mol. The molecule has 208 valence electrons. The highest BCUT2D eigenvalue weighted by Crippen LogP contribution is 2.26. The van der Waals surface area contributed by atoms with Crippen molar-refractivity contribution in [3.8, 4) is 0 Å². The molecule has 11 nitrogen and oxygen atoms in total. The molecule has 39 heavy (non-hydrogen) atoms. The summed E-state index contributed by atoms with van der Waals surface area (Å²) in [6.07, 6.45) is -0.291. The maximum absolute atomic E-state index is 13.4. The van der Waals surface area contributed by atoms with Gasteiger partial charge in [0.25, 0.3) is 5.56 Å². The number of hydrogen-bond donors (Lipinski definition) is 2. The highest BCUT2D eigenvalue weighted by molar-refractivity contribution is 5.80. The zero-order valence-electron chi connectivity index (χ0n) is 23.0. The number of urea groups is 1. The van der Waals surface area contributed by atoms with Gasteiger partial charge in [-0.05, 0) is 36.2 Å². The average molecular weight is 535 g/mol. The van der Waals surface area contributed by atoms with E-state index in [9.17, 15) is 9.59 Å². The Balaban J connectivity index is 1.23. The number of nitrogens with zero attached hydrogens (tertiary/aromatic N) is 6. The number of hydrogen-bond acceptors (Lipinski definition) is 8. The fourth-order valence-electron chi connectivity index (χ4n) is 5.49. The number of benzene rings is 2. The average Bonchev–Trinajstić information content (AvgIpc) is 2.97. The van der Waals surface area contributed by atoms with E-state index in [1.807, 2.05) is 28.9 Å². The summed E-state index contributed by atoms with van der Waals surface area (Å²) in [5.41, 5.74) is 6.33. The molecule has 11 heteroatoms. The van der Waals surface area contributed by atoms with E-state index in [-0.39, 0.29) is 17.7 Å². The van der Waals surface area contributed by atoms with Crippen molar-refractivity contribution in [3.05, 3.63) is 63.9 Å². The maximum Gasteiger partial charge on any atom is 0.320 e. The third-order valence-electron chi connectivity index (χ3n) is 7.64. The number of piperazine rings is 1. The first-order valence-corrected chi connectivity index (χ1v) is 13.5. The Labute approximate surface area is 228 Å². The van der Waals surface area contributed by atoms with Crippen LogP contribution in [-0.4, -0.2) is 90.3 Å². The Kier molecular flexibility index (Phi) is 8.01. The van der Waals surface area contributed by atoms with Gasteiger partial charge in [-0.15, -0.1) is 0 Å². The molecule has 2 aliphatic rings. The second-order valence-corrected chi connectivity index (χ2v) is 10.3. The molecule has 3 heterocycles. The van der Waals surface area contributed by atoms with Gasteiger partial charge in [-0.3, -0.25) is 19.7 Å². The molecule has 2 fully saturated rings. The van der Waals surface area contributed by atoms with Crippen LogP contribution in [0.1, 0.15) is 24.2 Å². The van der Waals surface area contributed by atoms with Crippen LogP contribution in [0.25, 0.3) is 10.9 Å². The lowest BCUT2D eigenvalue weighted by atomic mass is 10.1. The predicted octanol–water partition coefficient (Wildman–Crippen LogP) is 2.08. The maximum atomic E-state index is 13.4. The molecule has 0 bridgehead atoms. The van der Waals surface area contributed by atoms with Crippen LogP contribution in [0.4, 0.5) is 16.4 Å². The minimum atomic E-state index is -0.291. The Morgan fingerprint density at radius 1 is 1.10 bits per heavy atom. The number of nitrogens with one attached hydrogen (secondary N) is 1. The number of ether oxygens (including phenoxy) is 1. The van der Waals surface area contributed by atoms with E-state index in [4.69, 9.17) is 10.6 Å². The fraction of sp³-hybridized carbons (Fsp3) is 0.464. The summed E-state index contributed by atoms with van der Waals surface area (Å²) in [7, 11) is 4.13. The van der Waals surface area contributed by atoms with Crippen molar-refractivity contribution in [3.63, 3.8) is 0 Å². The van der Waals surface area contributed by atoms with Crippen molar-refractivity contribution in [1.82, 2.24) is 24.3 Å². The molecule has 2 saturated heterocycles. The van der Waals surface area contributed by atoms with E-state index in [0.29, 0.717) is 56.2 Å². The number of carbonyl (C=O) groups is 1. The molecule has 0 aliphatic carbocycles. The van der Waals surface area contributed by atoms with E-state index in [1.165, 1.54) is 15.8 Å². The summed E-state index contributed by atoms with van der Waals surface area (Å²) < 4.78 is 7.55. The SMILES string of the molecule is CCn1c(NN)nc2cc(C3CN(C(=O)N4CCN(Cc5ccccc5N(C)C)CC4)CCO3)ccc2c1=O. The van der Waals surface area contributed by atoms with Gasteiger partial charge in [0, 0.05) is 65.6 Å². The van der Waals surface area contributed by atoms with Crippen LogP contribution in [0.3, 0.4) is 0 Å². The molecule has 3 N–H and O–H groups in total. The van der Waals surface area contributed by atoms with Crippen LogP contribution in [0.2, 0.25) is 0 Å². The normalized spacial score (nSPS) is 18.4. The van der Waals surface area contributed by atoms with Crippen molar-refractivity contribution in [2.45, 2.75) is 26.1 Å². The number of fused-ring (bicyclic) bond motifs is 1. The first-order chi connectivity index (χ1) is 18.9. The van der Waals surface area contributed by atoms with Gasteiger partial charge in [-0.2, -0.15) is 0 Å². The Bertz CT molecular complexity index is 1380. The molecule has 0 saturated carbocycles. The van der Waals surface area contributed by atoms with Gasteiger partial charge in [-0.25, -0.2) is 15.6 Å². The zero-order chi connectivity index (χ0) is 27.5. The number of hydrazine groups is 1. The lowest BCUT2D eigenvalue weighted by Gasteiger charge is -2.40. The number of morpholine rings is 1. The highest BCUT2D eigenvalue weighted by atomic mass is 16.5. The summed E-state index contributed by atoms with van der Waals surface area (Å²) in [6, 6.07) is 14.1. The Morgan fingerprint density at radius 3 is 2.59 bits per heavy atom. The molecule has 5 rings (SSSR count). The van der Waals surface area contributed by atoms with E-state index in [1.54, 1.807) is 6.07 Å². The largest absolute Gasteiger partial charge is 0.377 e. The number of amides is 2. The molecule has 2 amide bonds. The fourth-order valence-corrected chi connectivity index (χ4v) is 5.49. The van der Waals surface area contributed by atoms with Gasteiger partial charge in [0.15, 0.2) is 0 Å². The minimum Gasteiger partial charge on any atom is -0.377 e. The summed E-state index contributed by atoms with van der Waals surface area (Å²) in [5.74, 6) is 5.92. The lowest BCUT2D eigenvalue weighted by molar-refractivity contribution is -0.0224. The first kappa shape index (κ1) is 26.9. The minimum absolute atomic E-state index is 0.0519. The highest BCUT2D eigenvalue weighted by Gasteiger charge is 2.30. The molecule has 0 radical (unpaired) electrons. The van der Waals surface area contributed by atoms with Crippen molar-refractivity contribution in [2.75, 3.05) is 70.3 Å². The molecule has 2 aromatic carbocycles. The van der Waals surface area contributed by atoms with Crippen LogP contribution in [0.15, 0.2) is 47.3 Å². The molecule has 1 atom stereocenters. The van der Waals surface area contributed by atoms with E-state index in [0.717, 1.165) is 25.2 Å². The molecule has 0 spiro atoms. The Hall–Kier alpha value is -3.67. The van der Waals surface area contributed by atoms with Crippen LogP contribution in [-0.2, 0) is 17.8 Å². The van der Waals surface area contributed by atoms with Gasteiger partial charge in [-0.1, -0.05) is 24.3 Å². The third kappa shape index (κ3) is 5.56. The van der Waals surface area contributed by atoms with Crippen LogP contribution >= 0.6 is 0 Å². The van der Waals surface area contributed by atoms with Crippen molar-refractivity contribution < 1.29 is 9.53 Å². The number of carbonyl (C=O) groups excluding carboxylic acids is 1. The second kappa shape index (κ2) is 11.6. The van der Waals surface area contributed by atoms with E-state index in [2.05, 4.69) is 58.6 Å². The van der Waals surface area contributed by atoms with Gasteiger partial charge < -0.3 is 19.4 Å². The number of anilines is 2. The van der Waals surface area contributed by atoms with E-state index >= 15 is 0 Å². The second-order valence-electron chi connectivity index (χ2n) is 10.3. The molecule has 1 unspecified atom stereocenters. The van der Waals surface area contributed by atoms with Crippen LogP contribution < -0.4 is 21.7 Å². The van der Waals surface area contributed by atoms with Crippen molar-refractivity contribution >= 4 is 28.6 Å². The number of nitrogen functional groups attached to an aromatic ring is 1. The standard InChI is InChI=1S/C28H38N8O3/c1-4-36-26(37)22-10-9-20(17-23(22)30-27(36)31-29)25-19-35(15-16-39-25)28(38)34-13-11-33(12-14-34)18-21-7-5-6-8-24(21)32(2)3/h5-10,17,25H,4,11-16,18-19,29H2,1-3H3,(H,30,31). The number of rotatable bonds is 6. The zero-order valence-corrected chi connectivity index (χ0v) is 23.0. The van der Waals surface area contributed by atoms with Crippen LogP contribution in [0, 0.1) is 0 Å². The molecular weight excluding hydrogens is 496 g/mol. The van der Waals surface area contributed by atoms with Gasteiger partial charge in [0.05, 0.1) is 24.1 Å². The quantitative estimate of drug-likeness (QED) is 0.365. The van der Waals surface area contributed by atoms with Gasteiger partial charge in [0.1, 0.15) is 6.10 Å². The summed E-state index contributed by atoms with van der Waals surface area (Å²) in [6.45, 7) is 7.74. The summed E-state index contributed by atoms with van der Waals surface area (Å²) in [5, 5.41) is 0.523. The first-order valence-electron chi connectivity index (χ1n) is 13.5. The summed E-state index contributed by atoms with van der Waals surface area (Å²) in [4.78, 5) is 39.2. The van der Waals surface area contributed by atoms with Gasteiger partial charge >= 0.3 is 6.03 Å². The third-order valence-corrected chi connectivity index (χ3v) is 7.64. The van der Waals surface area contributed by atoms with Crippen molar-refractivity contribution in [2.24, 2.45) is 5.84 Å². The molecular formula is C28H38N8O3. The molecule has 1 aromatic heterocycles. The molecule has 2 aliphatic heterocycles. The van der Waals surface area contributed by atoms with E-state index < -0.39 is 0 Å². The lowest BCUT2D eigenvalue weighted by Crippen LogP contribution is -2.54. The predicted molar refractivity (Wildman–Crippen MR) is 153 cm³/mol. The number of aromatic nitrogens is 2. The number of para-hydroxylation sites is 1. The smallest absolute Gasteiger partial charge is 0.320 e. The number of nitrogens with two attached hydrogens (primary N) is 1. The topological polar surface area (TPSA) is 112 Å². The van der Waals surface area contributed by atoms with Crippen LogP contribution in [0.5, 0.6) is 0 Å². The van der Waals surface area contributed by atoms with Crippen molar-refractivity contribution in [1.29, 1.82) is 0 Å². The Morgan fingerprint density at radius 2 is 1.87 bits per heavy atom. The molecule has 3 aromatic rings. The summed E-state index contributed by atoms with van der Waals surface area (Å²) >= 11 is 0. The van der Waals surface area contributed by atoms with Gasteiger partial charge in [0.2, 0.25) is 5.95 Å².